The van der Waals surface area contributed by atoms with Crippen molar-refractivity contribution in [1.82, 2.24) is 4.98 Å². The first-order valence-corrected chi connectivity index (χ1v) is 8.85. The van der Waals surface area contributed by atoms with Crippen LogP contribution >= 0.6 is 11.3 Å². The second-order valence-corrected chi connectivity index (χ2v) is 6.74. The SMILES string of the molecule is Cc1nc(/C=C/C(=O)Nc2ccccc2N2CCCCC2)cs1. The Bertz CT molecular complexity index is 702. The quantitative estimate of drug-likeness (QED) is 0.860. The molecule has 0 spiro atoms. The Morgan fingerprint density at radius 3 is 2.78 bits per heavy atom. The van der Waals surface area contributed by atoms with Crippen molar-refractivity contribution < 1.29 is 4.79 Å². The lowest BCUT2D eigenvalue weighted by Crippen LogP contribution is -2.30. The van der Waals surface area contributed by atoms with Crippen molar-refractivity contribution in [2.45, 2.75) is 26.2 Å². The van der Waals surface area contributed by atoms with Crippen molar-refractivity contribution in [2.24, 2.45) is 0 Å². The molecule has 3 rings (SSSR count). The molecule has 1 amide bonds. The van der Waals surface area contributed by atoms with E-state index in [9.17, 15) is 4.79 Å². The van der Waals surface area contributed by atoms with Crippen LogP contribution < -0.4 is 10.2 Å². The summed E-state index contributed by atoms with van der Waals surface area (Å²) in [5.41, 5.74) is 2.81. The van der Waals surface area contributed by atoms with E-state index in [0.29, 0.717) is 0 Å². The van der Waals surface area contributed by atoms with Crippen LogP contribution in [0.25, 0.3) is 6.08 Å². The lowest BCUT2D eigenvalue weighted by molar-refractivity contribution is -0.111. The van der Waals surface area contributed by atoms with Gasteiger partial charge in [0.05, 0.1) is 22.1 Å². The Hall–Kier alpha value is -2.14. The molecule has 0 atom stereocenters. The first-order valence-electron chi connectivity index (χ1n) is 7.97. The van der Waals surface area contributed by atoms with Crippen LogP contribution in [0, 0.1) is 6.92 Å². The van der Waals surface area contributed by atoms with Gasteiger partial charge in [-0.1, -0.05) is 12.1 Å². The molecule has 0 aliphatic carbocycles. The van der Waals surface area contributed by atoms with E-state index in [1.165, 1.54) is 19.3 Å². The first-order chi connectivity index (χ1) is 11.2. The minimum Gasteiger partial charge on any atom is -0.370 e. The highest BCUT2D eigenvalue weighted by atomic mass is 32.1. The third kappa shape index (κ3) is 4.20. The minimum atomic E-state index is -0.125. The topological polar surface area (TPSA) is 45.2 Å². The third-order valence-corrected chi connectivity index (χ3v) is 4.69. The van der Waals surface area contributed by atoms with E-state index in [4.69, 9.17) is 0 Å². The molecule has 1 aliphatic rings. The molecule has 1 fully saturated rings. The van der Waals surface area contributed by atoms with Gasteiger partial charge in [0.25, 0.3) is 0 Å². The molecule has 0 unspecified atom stereocenters. The highest BCUT2D eigenvalue weighted by Gasteiger charge is 2.14. The third-order valence-electron chi connectivity index (χ3n) is 3.90. The minimum absolute atomic E-state index is 0.125. The van der Waals surface area contributed by atoms with Gasteiger partial charge >= 0.3 is 0 Å². The fourth-order valence-electron chi connectivity index (χ4n) is 2.78. The van der Waals surface area contributed by atoms with E-state index in [1.54, 1.807) is 23.5 Å². The van der Waals surface area contributed by atoms with Gasteiger partial charge in [0.1, 0.15) is 0 Å². The number of aromatic nitrogens is 1. The predicted molar refractivity (Wildman–Crippen MR) is 97.0 cm³/mol. The molecule has 5 heteroatoms. The van der Waals surface area contributed by atoms with Crippen LogP contribution in [0.4, 0.5) is 11.4 Å². The first kappa shape index (κ1) is 15.7. The molecule has 0 bridgehead atoms. The summed E-state index contributed by atoms with van der Waals surface area (Å²) in [6.45, 7) is 4.07. The Balaban J connectivity index is 1.69. The number of carbonyl (C=O) groups is 1. The van der Waals surface area contributed by atoms with Gasteiger partial charge in [0.15, 0.2) is 0 Å². The largest absolute Gasteiger partial charge is 0.370 e. The summed E-state index contributed by atoms with van der Waals surface area (Å²) in [6.07, 6.45) is 7.02. The Morgan fingerprint density at radius 2 is 2.04 bits per heavy atom. The van der Waals surface area contributed by atoms with E-state index in [1.807, 2.05) is 30.5 Å². The average molecular weight is 327 g/mol. The van der Waals surface area contributed by atoms with Crippen molar-refractivity contribution in [1.29, 1.82) is 0 Å². The molecule has 120 valence electrons. The summed E-state index contributed by atoms with van der Waals surface area (Å²) in [6, 6.07) is 8.02. The lowest BCUT2D eigenvalue weighted by atomic mass is 10.1. The molecule has 1 N–H and O–H groups in total. The Kier molecular flexibility index (Phi) is 5.08. The highest BCUT2D eigenvalue weighted by Crippen LogP contribution is 2.28. The highest BCUT2D eigenvalue weighted by molar-refractivity contribution is 7.09. The van der Waals surface area contributed by atoms with E-state index in [-0.39, 0.29) is 5.91 Å². The van der Waals surface area contributed by atoms with Crippen LogP contribution in [0.2, 0.25) is 0 Å². The number of piperidine rings is 1. The number of carbonyl (C=O) groups excluding carboxylic acids is 1. The van der Waals surface area contributed by atoms with E-state index >= 15 is 0 Å². The van der Waals surface area contributed by atoms with Crippen LogP contribution in [0.3, 0.4) is 0 Å². The fraction of sp³-hybridized carbons (Fsp3) is 0.333. The Morgan fingerprint density at radius 1 is 1.26 bits per heavy atom. The van der Waals surface area contributed by atoms with Crippen LogP contribution in [-0.2, 0) is 4.79 Å². The molecule has 1 aromatic heterocycles. The number of hydrogen-bond acceptors (Lipinski definition) is 4. The maximum Gasteiger partial charge on any atom is 0.248 e. The molecular formula is C18H21N3OS. The zero-order valence-corrected chi connectivity index (χ0v) is 14.1. The van der Waals surface area contributed by atoms with Crippen LogP contribution in [-0.4, -0.2) is 24.0 Å². The number of amides is 1. The molecular weight excluding hydrogens is 306 g/mol. The van der Waals surface area contributed by atoms with Gasteiger partial charge in [0, 0.05) is 24.5 Å². The summed E-state index contributed by atoms with van der Waals surface area (Å²) in [7, 11) is 0. The maximum absolute atomic E-state index is 12.2. The summed E-state index contributed by atoms with van der Waals surface area (Å²) in [4.78, 5) is 18.9. The molecule has 1 saturated heterocycles. The molecule has 2 heterocycles. The molecule has 23 heavy (non-hydrogen) atoms. The van der Waals surface area contributed by atoms with Crippen molar-refractivity contribution in [3.05, 3.63) is 46.4 Å². The number of anilines is 2. The molecule has 4 nitrogen and oxygen atoms in total. The number of hydrogen-bond donors (Lipinski definition) is 1. The number of benzene rings is 1. The molecule has 0 radical (unpaired) electrons. The zero-order valence-electron chi connectivity index (χ0n) is 13.3. The molecule has 0 saturated carbocycles. The van der Waals surface area contributed by atoms with Crippen molar-refractivity contribution in [3.8, 4) is 0 Å². The van der Waals surface area contributed by atoms with Crippen LogP contribution in [0.5, 0.6) is 0 Å². The van der Waals surface area contributed by atoms with Gasteiger partial charge in [0.2, 0.25) is 5.91 Å². The zero-order chi connectivity index (χ0) is 16.1. The average Bonchev–Trinajstić information content (AvgIpc) is 3.00. The van der Waals surface area contributed by atoms with Gasteiger partial charge in [-0.2, -0.15) is 0 Å². The maximum atomic E-state index is 12.2. The number of rotatable bonds is 4. The summed E-state index contributed by atoms with van der Waals surface area (Å²) >= 11 is 1.58. The second-order valence-electron chi connectivity index (χ2n) is 5.68. The second kappa shape index (κ2) is 7.42. The van der Waals surface area contributed by atoms with Crippen molar-refractivity contribution >= 4 is 34.7 Å². The van der Waals surface area contributed by atoms with E-state index < -0.39 is 0 Å². The number of nitrogens with zero attached hydrogens (tertiary/aromatic N) is 2. The normalized spacial score (nSPS) is 15.1. The summed E-state index contributed by atoms with van der Waals surface area (Å²) < 4.78 is 0. The van der Waals surface area contributed by atoms with Gasteiger partial charge < -0.3 is 10.2 Å². The van der Waals surface area contributed by atoms with Crippen molar-refractivity contribution in [2.75, 3.05) is 23.3 Å². The number of nitrogens with one attached hydrogen (secondary N) is 1. The standard InChI is InChI=1S/C18H21N3OS/c1-14-19-15(13-23-14)9-10-18(22)20-16-7-3-4-8-17(16)21-11-5-2-6-12-21/h3-4,7-10,13H,2,5-6,11-12H2,1H3,(H,20,22)/b10-9+. The lowest BCUT2D eigenvalue weighted by Gasteiger charge is -2.30. The monoisotopic (exact) mass is 327 g/mol. The van der Waals surface area contributed by atoms with Gasteiger partial charge in [-0.25, -0.2) is 4.98 Å². The molecule has 2 aromatic rings. The molecule has 1 aromatic carbocycles. The smallest absolute Gasteiger partial charge is 0.248 e. The Labute approximate surface area is 140 Å². The van der Waals surface area contributed by atoms with Crippen LogP contribution in [0.15, 0.2) is 35.7 Å². The van der Waals surface area contributed by atoms with Crippen molar-refractivity contribution in [3.63, 3.8) is 0 Å². The molecule has 1 aliphatic heterocycles. The van der Waals surface area contributed by atoms with Crippen LogP contribution in [0.1, 0.15) is 30.0 Å². The van der Waals surface area contributed by atoms with E-state index in [2.05, 4.69) is 21.3 Å². The van der Waals surface area contributed by atoms with Gasteiger partial charge in [-0.3, -0.25) is 4.79 Å². The summed E-state index contributed by atoms with van der Waals surface area (Å²) in [5.74, 6) is -0.125. The number of para-hydroxylation sites is 2. The number of thiazole rings is 1. The predicted octanol–water partition coefficient (Wildman–Crippen LogP) is 4.09. The number of aryl methyl sites for hydroxylation is 1. The van der Waals surface area contributed by atoms with Gasteiger partial charge in [-0.15, -0.1) is 11.3 Å². The van der Waals surface area contributed by atoms with E-state index in [0.717, 1.165) is 35.2 Å². The summed E-state index contributed by atoms with van der Waals surface area (Å²) in [5, 5.41) is 5.94. The fourth-order valence-corrected chi connectivity index (χ4v) is 3.36. The van der Waals surface area contributed by atoms with Gasteiger partial charge in [-0.05, 0) is 44.4 Å².